The Balaban J connectivity index is 2.55. The minimum absolute atomic E-state index is 0.110. The van der Waals surface area contributed by atoms with Gasteiger partial charge in [-0.25, -0.2) is 0 Å². The van der Waals surface area contributed by atoms with Crippen molar-refractivity contribution in [3.05, 3.63) is 12.7 Å². The van der Waals surface area contributed by atoms with Gasteiger partial charge in [0.2, 0.25) is 5.91 Å². The zero-order valence-corrected chi connectivity index (χ0v) is 9.17. The average molecular weight is 195 g/mol. The summed E-state index contributed by atoms with van der Waals surface area (Å²) in [5, 5.41) is 0. The van der Waals surface area contributed by atoms with E-state index >= 15 is 0 Å². The molecule has 2 heteroatoms. The van der Waals surface area contributed by atoms with Crippen molar-refractivity contribution in [3.63, 3.8) is 0 Å². The van der Waals surface area contributed by atoms with Crippen molar-refractivity contribution < 1.29 is 4.79 Å². The monoisotopic (exact) mass is 195 g/mol. The molecule has 0 spiro atoms. The molecule has 0 N–H and O–H groups in total. The highest BCUT2D eigenvalue weighted by Gasteiger charge is 2.22. The van der Waals surface area contributed by atoms with Crippen LogP contribution in [-0.4, -0.2) is 23.4 Å². The van der Waals surface area contributed by atoms with E-state index in [1.54, 1.807) is 0 Å². The van der Waals surface area contributed by atoms with Crippen LogP contribution in [0.1, 0.15) is 45.4 Å². The predicted molar refractivity (Wildman–Crippen MR) is 59.1 cm³/mol. The molecule has 14 heavy (non-hydrogen) atoms. The molecule has 0 aliphatic heterocycles. The number of amides is 1. The maximum atomic E-state index is 11.6. The molecule has 0 unspecified atom stereocenters. The van der Waals surface area contributed by atoms with Crippen molar-refractivity contribution in [2.75, 3.05) is 6.54 Å². The summed E-state index contributed by atoms with van der Waals surface area (Å²) in [6.07, 6.45) is 8.73. The van der Waals surface area contributed by atoms with E-state index in [1.807, 2.05) is 4.90 Å². The van der Waals surface area contributed by atoms with E-state index in [0.717, 1.165) is 13.0 Å². The van der Waals surface area contributed by atoms with E-state index in [2.05, 4.69) is 13.5 Å². The first-order valence-electron chi connectivity index (χ1n) is 5.72. The van der Waals surface area contributed by atoms with Crippen LogP contribution in [0.15, 0.2) is 12.7 Å². The smallest absolute Gasteiger partial charge is 0.246 e. The highest BCUT2D eigenvalue weighted by atomic mass is 16.2. The van der Waals surface area contributed by atoms with Gasteiger partial charge >= 0.3 is 0 Å². The molecule has 0 radical (unpaired) electrons. The Labute approximate surface area is 87.0 Å². The first kappa shape index (κ1) is 11.3. The lowest BCUT2D eigenvalue weighted by Crippen LogP contribution is -2.40. The SMILES string of the molecule is C=CC(=O)N(CCC)C1CCCCC1. The third kappa shape index (κ3) is 2.86. The van der Waals surface area contributed by atoms with Gasteiger partial charge in [0.25, 0.3) is 0 Å². The maximum absolute atomic E-state index is 11.6. The molecule has 2 nitrogen and oxygen atoms in total. The van der Waals surface area contributed by atoms with Gasteiger partial charge in [-0.15, -0.1) is 0 Å². The van der Waals surface area contributed by atoms with Crippen LogP contribution in [-0.2, 0) is 4.79 Å². The van der Waals surface area contributed by atoms with E-state index < -0.39 is 0 Å². The van der Waals surface area contributed by atoms with Gasteiger partial charge in [0.1, 0.15) is 0 Å². The van der Waals surface area contributed by atoms with E-state index in [0.29, 0.717) is 6.04 Å². The fourth-order valence-electron chi connectivity index (χ4n) is 2.22. The normalized spacial score (nSPS) is 17.8. The van der Waals surface area contributed by atoms with E-state index in [4.69, 9.17) is 0 Å². The Morgan fingerprint density at radius 2 is 2.07 bits per heavy atom. The third-order valence-electron chi connectivity index (χ3n) is 2.94. The molecular weight excluding hydrogens is 174 g/mol. The lowest BCUT2D eigenvalue weighted by molar-refractivity contribution is -0.128. The second-order valence-electron chi connectivity index (χ2n) is 4.03. The van der Waals surface area contributed by atoms with Crippen LogP contribution in [0.3, 0.4) is 0 Å². The minimum atomic E-state index is 0.110. The van der Waals surface area contributed by atoms with Crippen molar-refractivity contribution >= 4 is 5.91 Å². The van der Waals surface area contributed by atoms with Crippen LogP contribution in [0.5, 0.6) is 0 Å². The second kappa shape index (κ2) is 5.84. The van der Waals surface area contributed by atoms with Crippen molar-refractivity contribution in [3.8, 4) is 0 Å². The molecule has 0 saturated heterocycles. The number of rotatable bonds is 4. The van der Waals surface area contributed by atoms with Gasteiger partial charge in [-0.1, -0.05) is 32.8 Å². The summed E-state index contributed by atoms with van der Waals surface area (Å²) < 4.78 is 0. The molecule has 0 aromatic rings. The summed E-state index contributed by atoms with van der Waals surface area (Å²) in [5.74, 6) is 0.110. The number of carbonyl (C=O) groups excluding carboxylic acids is 1. The third-order valence-corrected chi connectivity index (χ3v) is 2.94. The molecule has 0 heterocycles. The fraction of sp³-hybridized carbons (Fsp3) is 0.750. The second-order valence-corrected chi connectivity index (χ2v) is 4.03. The topological polar surface area (TPSA) is 20.3 Å². The Hall–Kier alpha value is -0.790. The lowest BCUT2D eigenvalue weighted by atomic mass is 9.94. The Morgan fingerprint density at radius 1 is 1.43 bits per heavy atom. The summed E-state index contributed by atoms with van der Waals surface area (Å²) >= 11 is 0. The number of nitrogens with zero attached hydrogens (tertiary/aromatic N) is 1. The van der Waals surface area contributed by atoms with E-state index in [-0.39, 0.29) is 5.91 Å². The lowest BCUT2D eigenvalue weighted by Gasteiger charge is -2.33. The summed E-state index contributed by atoms with van der Waals surface area (Å²) in [5.41, 5.74) is 0. The van der Waals surface area contributed by atoms with Crippen LogP contribution >= 0.6 is 0 Å². The van der Waals surface area contributed by atoms with Crippen molar-refractivity contribution in [2.24, 2.45) is 0 Å². The van der Waals surface area contributed by atoms with Crippen molar-refractivity contribution in [1.82, 2.24) is 4.90 Å². The predicted octanol–water partition coefficient (Wildman–Crippen LogP) is 2.74. The van der Waals surface area contributed by atoms with Gasteiger partial charge in [-0.05, 0) is 25.3 Å². The van der Waals surface area contributed by atoms with Gasteiger partial charge < -0.3 is 4.90 Å². The van der Waals surface area contributed by atoms with Gasteiger partial charge in [-0.2, -0.15) is 0 Å². The molecule has 1 amide bonds. The highest BCUT2D eigenvalue weighted by Crippen LogP contribution is 2.22. The number of hydrogen-bond acceptors (Lipinski definition) is 1. The molecule has 1 aliphatic rings. The summed E-state index contributed by atoms with van der Waals surface area (Å²) in [4.78, 5) is 13.6. The quantitative estimate of drug-likeness (QED) is 0.632. The van der Waals surface area contributed by atoms with E-state index in [9.17, 15) is 4.79 Å². The van der Waals surface area contributed by atoms with Crippen molar-refractivity contribution in [1.29, 1.82) is 0 Å². The molecule has 1 saturated carbocycles. The number of carbonyl (C=O) groups is 1. The highest BCUT2D eigenvalue weighted by molar-refractivity contribution is 5.87. The molecule has 0 bridgehead atoms. The van der Waals surface area contributed by atoms with Crippen LogP contribution in [0.2, 0.25) is 0 Å². The average Bonchev–Trinajstić information content (AvgIpc) is 2.26. The van der Waals surface area contributed by atoms with Gasteiger partial charge in [-0.3, -0.25) is 4.79 Å². The summed E-state index contributed by atoms with van der Waals surface area (Å²) in [7, 11) is 0. The Kier molecular flexibility index (Phi) is 4.71. The van der Waals surface area contributed by atoms with Crippen molar-refractivity contribution in [2.45, 2.75) is 51.5 Å². The molecule has 80 valence electrons. The van der Waals surface area contributed by atoms with Gasteiger partial charge in [0.05, 0.1) is 0 Å². The van der Waals surface area contributed by atoms with Crippen LogP contribution in [0.25, 0.3) is 0 Å². The van der Waals surface area contributed by atoms with Crippen LogP contribution < -0.4 is 0 Å². The van der Waals surface area contributed by atoms with Gasteiger partial charge in [0.15, 0.2) is 0 Å². The zero-order chi connectivity index (χ0) is 10.4. The molecular formula is C12H21NO. The van der Waals surface area contributed by atoms with E-state index in [1.165, 1.54) is 38.2 Å². The van der Waals surface area contributed by atoms with Crippen LogP contribution in [0.4, 0.5) is 0 Å². The largest absolute Gasteiger partial charge is 0.336 e. The molecule has 0 aromatic carbocycles. The number of hydrogen-bond donors (Lipinski definition) is 0. The fourth-order valence-corrected chi connectivity index (χ4v) is 2.22. The first-order chi connectivity index (χ1) is 6.79. The molecule has 1 aliphatic carbocycles. The standard InChI is InChI=1S/C12H21NO/c1-3-10-13(12(14)4-2)11-8-6-5-7-9-11/h4,11H,2-3,5-10H2,1H3. The first-order valence-corrected chi connectivity index (χ1v) is 5.72. The summed E-state index contributed by atoms with van der Waals surface area (Å²) in [6, 6.07) is 0.481. The summed E-state index contributed by atoms with van der Waals surface area (Å²) in [6.45, 7) is 6.57. The maximum Gasteiger partial charge on any atom is 0.246 e. The van der Waals surface area contributed by atoms with Gasteiger partial charge in [0, 0.05) is 12.6 Å². The molecule has 0 aromatic heterocycles. The molecule has 1 fully saturated rings. The zero-order valence-electron chi connectivity index (χ0n) is 9.17. The minimum Gasteiger partial charge on any atom is -0.336 e. The van der Waals surface area contributed by atoms with Crippen LogP contribution in [0, 0.1) is 0 Å². The molecule has 1 rings (SSSR count). The Morgan fingerprint density at radius 3 is 2.57 bits per heavy atom. The Bertz CT molecular complexity index is 194. The molecule has 0 atom stereocenters.